The van der Waals surface area contributed by atoms with Crippen LogP contribution in [0.1, 0.15) is 24.0 Å². The lowest BCUT2D eigenvalue weighted by atomic mass is 9.92. The number of benzene rings is 1. The number of aryl methyl sites for hydroxylation is 2. The van der Waals surface area contributed by atoms with Gasteiger partial charge in [0.05, 0.1) is 11.0 Å². The first kappa shape index (κ1) is 16.4. The van der Waals surface area contributed by atoms with Crippen LogP contribution >= 0.6 is 0 Å². The Morgan fingerprint density at radius 1 is 1.26 bits per heavy atom. The van der Waals surface area contributed by atoms with Crippen molar-refractivity contribution in [2.24, 2.45) is 0 Å². The minimum atomic E-state index is -3.56. The quantitative estimate of drug-likeness (QED) is 0.877. The fourth-order valence-corrected chi connectivity index (χ4v) is 4.16. The Morgan fingerprint density at radius 3 is 2.74 bits per heavy atom. The van der Waals surface area contributed by atoms with Crippen LogP contribution in [0.15, 0.2) is 23.1 Å². The van der Waals surface area contributed by atoms with Crippen molar-refractivity contribution in [2.45, 2.75) is 36.7 Å². The summed E-state index contributed by atoms with van der Waals surface area (Å²) in [6.45, 7) is 0.560. The number of likely N-dealkylation sites (N-methyl/N-ethyl adjacent to an activating group) is 1. The summed E-state index contributed by atoms with van der Waals surface area (Å²) in [4.78, 5) is 13.2. The van der Waals surface area contributed by atoms with Gasteiger partial charge in [0.1, 0.15) is 6.61 Å². The van der Waals surface area contributed by atoms with Gasteiger partial charge in [-0.05, 0) is 48.9 Å². The van der Waals surface area contributed by atoms with Gasteiger partial charge in [-0.25, -0.2) is 13.1 Å². The first-order chi connectivity index (χ1) is 11.0. The zero-order chi connectivity index (χ0) is 16.4. The molecule has 3 rings (SSSR count). The highest BCUT2D eigenvalue weighted by Crippen LogP contribution is 2.24. The van der Waals surface area contributed by atoms with Gasteiger partial charge < -0.3 is 9.64 Å². The Hall–Kier alpha value is -1.44. The van der Waals surface area contributed by atoms with E-state index in [-0.39, 0.29) is 25.2 Å². The fourth-order valence-electron chi connectivity index (χ4n) is 3.05. The lowest BCUT2D eigenvalue weighted by Crippen LogP contribution is -2.48. The molecule has 2 aliphatic rings. The minimum absolute atomic E-state index is 0.00173. The van der Waals surface area contributed by atoms with Crippen molar-refractivity contribution in [3.63, 3.8) is 0 Å². The number of carbonyl (C=O) groups is 1. The zero-order valence-corrected chi connectivity index (χ0v) is 14.1. The number of nitrogens with one attached hydrogen (secondary N) is 1. The molecular formula is C16H22N2O4S. The van der Waals surface area contributed by atoms with Crippen LogP contribution in [-0.2, 0) is 32.4 Å². The van der Waals surface area contributed by atoms with Crippen molar-refractivity contribution in [3.05, 3.63) is 29.3 Å². The number of ether oxygens (including phenoxy) is 1. The van der Waals surface area contributed by atoms with Crippen LogP contribution in [0.3, 0.4) is 0 Å². The van der Waals surface area contributed by atoms with E-state index in [1.807, 2.05) is 6.07 Å². The van der Waals surface area contributed by atoms with Gasteiger partial charge in [0, 0.05) is 20.1 Å². The molecule has 0 bridgehead atoms. The standard InChI is InChI=1S/C16H22N2O4S/c1-18-10-14(22-11-16(18)19)9-17-23(20,21)15-7-6-12-4-2-3-5-13(12)8-15/h6-8,14,17H,2-5,9-11H2,1H3. The molecule has 1 aliphatic carbocycles. The van der Waals surface area contributed by atoms with Gasteiger partial charge in [-0.15, -0.1) is 0 Å². The molecule has 126 valence electrons. The number of sulfonamides is 1. The van der Waals surface area contributed by atoms with Crippen LogP contribution in [-0.4, -0.2) is 52.1 Å². The van der Waals surface area contributed by atoms with Crippen LogP contribution in [0, 0.1) is 0 Å². The van der Waals surface area contributed by atoms with Crippen molar-refractivity contribution in [2.75, 3.05) is 26.7 Å². The Bertz CT molecular complexity index is 702. The maximum atomic E-state index is 12.5. The maximum absolute atomic E-state index is 12.5. The molecule has 23 heavy (non-hydrogen) atoms. The molecule has 0 saturated carbocycles. The number of hydrogen-bond donors (Lipinski definition) is 1. The summed E-state index contributed by atoms with van der Waals surface area (Å²) in [7, 11) is -1.87. The van der Waals surface area contributed by atoms with Gasteiger partial charge >= 0.3 is 0 Å². The van der Waals surface area contributed by atoms with Crippen molar-refractivity contribution in [1.82, 2.24) is 9.62 Å². The molecule has 6 nitrogen and oxygen atoms in total. The zero-order valence-electron chi connectivity index (χ0n) is 13.2. The third-order valence-corrected chi connectivity index (χ3v) is 5.90. The highest BCUT2D eigenvalue weighted by atomic mass is 32.2. The van der Waals surface area contributed by atoms with Gasteiger partial charge in [0.15, 0.2) is 0 Å². The van der Waals surface area contributed by atoms with E-state index in [0.717, 1.165) is 24.8 Å². The van der Waals surface area contributed by atoms with Crippen molar-refractivity contribution in [3.8, 4) is 0 Å². The summed E-state index contributed by atoms with van der Waals surface area (Å²) < 4.78 is 32.9. The smallest absolute Gasteiger partial charge is 0.248 e. The number of carbonyl (C=O) groups excluding carboxylic acids is 1. The molecule has 1 aromatic carbocycles. The molecule has 1 heterocycles. The Morgan fingerprint density at radius 2 is 2.00 bits per heavy atom. The van der Waals surface area contributed by atoms with E-state index in [0.29, 0.717) is 11.4 Å². The highest BCUT2D eigenvalue weighted by Gasteiger charge is 2.25. The summed E-state index contributed by atoms with van der Waals surface area (Å²) in [6.07, 6.45) is 3.93. The van der Waals surface area contributed by atoms with Gasteiger partial charge in [-0.2, -0.15) is 0 Å². The molecule has 1 unspecified atom stereocenters. The summed E-state index contributed by atoms with van der Waals surface area (Å²) in [5.74, 6) is -0.0844. The van der Waals surface area contributed by atoms with Crippen LogP contribution in [0.4, 0.5) is 0 Å². The number of morpholine rings is 1. The summed E-state index contributed by atoms with van der Waals surface area (Å²) >= 11 is 0. The second kappa shape index (κ2) is 6.59. The molecule has 1 fully saturated rings. The van der Waals surface area contributed by atoms with Crippen molar-refractivity contribution < 1.29 is 17.9 Å². The molecule has 0 aromatic heterocycles. The molecule has 1 saturated heterocycles. The largest absolute Gasteiger partial charge is 0.365 e. The highest BCUT2D eigenvalue weighted by molar-refractivity contribution is 7.89. The van der Waals surface area contributed by atoms with Gasteiger partial charge in [0.2, 0.25) is 15.9 Å². The maximum Gasteiger partial charge on any atom is 0.248 e. The molecule has 7 heteroatoms. The molecular weight excluding hydrogens is 316 g/mol. The number of rotatable bonds is 4. The molecule has 1 aromatic rings. The predicted molar refractivity (Wildman–Crippen MR) is 85.6 cm³/mol. The second-order valence-corrected chi connectivity index (χ2v) is 7.96. The fraction of sp³-hybridized carbons (Fsp3) is 0.562. The summed E-state index contributed by atoms with van der Waals surface area (Å²) in [5, 5.41) is 0. The lowest BCUT2D eigenvalue weighted by molar-refractivity contribution is -0.146. The number of amides is 1. The topological polar surface area (TPSA) is 75.7 Å². The molecule has 1 atom stereocenters. The number of hydrogen-bond acceptors (Lipinski definition) is 4. The Kier molecular flexibility index (Phi) is 4.70. The van der Waals surface area contributed by atoms with E-state index in [1.54, 1.807) is 24.1 Å². The third-order valence-electron chi connectivity index (χ3n) is 4.48. The summed E-state index contributed by atoms with van der Waals surface area (Å²) in [6, 6.07) is 5.38. The van der Waals surface area contributed by atoms with Gasteiger partial charge in [-0.3, -0.25) is 4.79 Å². The summed E-state index contributed by atoms with van der Waals surface area (Å²) in [5.41, 5.74) is 2.39. The average Bonchev–Trinajstić information content (AvgIpc) is 2.55. The third kappa shape index (κ3) is 3.73. The first-order valence-electron chi connectivity index (χ1n) is 7.93. The average molecular weight is 338 g/mol. The monoisotopic (exact) mass is 338 g/mol. The van der Waals surface area contributed by atoms with E-state index in [4.69, 9.17) is 4.74 Å². The van der Waals surface area contributed by atoms with Crippen LogP contribution < -0.4 is 4.72 Å². The Labute approximate surface area is 136 Å². The Balaban J connectivity index is 1.66. The molecule has 1 amide bonds. The van der Waals surface area contributed by atoms with Gasteiger partial charge in [0.25, 0.3) is 0 Å². The lowest BCUT2D eigenvalue weighted by Gasteiger charge is -2.29. The van der Waals surface area contributed by atoms with Crippen LogP contribution in [0.25, 0.3) is 0 Å². The van der Waals surface area contributed by atoms with E-state index < -0.39 is 10.0 Å². The van der Waals surface area contributed by atoms with E-state index in [1.165, 1.54) is 12.0 Å². The first-order valence-corrected chi connectivity index (χ1v) is 9.41. The normalized spacial score (nSPS) is 22.0. The van der Waals surface area contributed by atoms with E-state index in [9.17, 15) is 13.2 Å². The molecule has 1 N–H and O–H groups in total. The molecule has 0 radical (unpaired) electrons. The van der Waals surface area contributed by atoms with Crippen molar-refractivity contribution >= 4 is 15.9 Å². The van der Waals surface area contributed by atoms with E-state index in [2.05, 4.69) is 4.72 Å². The predicted octanol–water partition coefficient (Wildman–Crippen LogP) is 0.701. The molecule has 0 spiro atoms. The van der Waals surface area contributed by atoms with E-state index >= 15 is 0 Å². The SMILES string of the molecule is CN1CC(CNS(=O)(=O)c2ccc3c(c2)CCCC3)OCC1=O. The second-order valence-electron chi connectivity index (χ2n) is 6.20. The number of fused-ring (bicyclic) bond motifs is 1. The van der Waals surface area contributed by atoms with Crippen LogP contribution in [0.5, 0.6) is 0 Å². The molecule has 1 aliphatic heterocycles. The van der Waals surface area contributed by atoms with Crippen molar-refractivity contribution in [1.29, 1.82) is 0 Å². The van der Waals surface area contributed by atoms with Crippen LogP contribution in [0.2, 0.25) is 0 Å². The minimum Gasteiger partial charge on any atom is -0.365 e. The number of nitrogens with zero attached hydrogens (tertiary/aromatic N) is 1. The van der Waals surface area contributed by atoms with Gasteiger partial charge in [-0.1, -0.05) is 6.07 Å².